The second kappa shape index (κ2) is 4.88. The highest BCUT2D eigenvalue weighted by molar-refractivity contribution is 7.71. The molecule has 88 valence electrons. The molecule has 1 saturated heterocycles. The number of hydrogen-bond donors (Lipinski definition) is 1. The van der Waals surface area contributed by atoms with Crippen LogP contribution in [-0.2, 0) is 0 Å². The molecule has 0 spiro atoms. The molecule has 5 nitrogen and oxygen atoms in total. The lowest BCUT2D eigenvalue weighted by atomic mass is 10.3. The van der Waals surface area contributed by atoms with E-state index in [4.69, 9.17) is 12.2 Å². The summed E-state index contributed by atoms with van der Waals surface area (Å²) in [6.07, 6.45) is 0. The normalized spacial score (nSPS) is 17.8. The van der Waals surface area contributed by atoms with Gasteiger partial charge in [0.05, 0.1) is 0 Å². The van der Waals surface area contributed by atoms with Crippen molar-refractivity contribution >= 4 is 18.0 Å². The zero-order chi connectivity index (χ0) is 11.5. The maximum absolute atomic E-state index is 5.01. The van der Waals surface area contributed by atoms with Crippen molar-refractivity contribution in [1.82, 2.24) is 20.1 Å². The fourth-order valence-electron chi connectivity index (χ4n) is 1.96. The van der Waals surface area contributed by atoms with E-state index in [1.165, 1.54) is 0 Å². The van der Waals surface area contributed by atoms with Crippen LogP contribution in [0.25, 0.3) is 0 Å². The first-order chi connectivity index (χ1) is 7.70. The molecule has 0 radical (unpaired) electrons. The van der Waals surface area contributed by atoms with Gasteiger partial charge < -0.3 is 9.80 Å². The topological polar surface area (TPSA) is 48.0 Å². The lowest BCUT2D eigenvalue weighted by Crippen LogP contribution is -2.46. The molecule has 2 heterocycles. The molecule has 1 aromatic heterocycles. The monoisotopic (exact) mass is 239 g/mol. The SMILES string of the molecule is CCN1CCN(c2nc(=S)[nH]nc2C)CC1. The van der Waals surface area contributed by atoms with Crippen molar-refractivity contribution in [2.24, 2.45) is 0 Å². The van der Waals surface area contributed by atoms with Crippen molar-refractivity contribution in [3.05, 3.63) is 10.5 Å². The number of aryl methyl sites for hydroxylation is 1. The standard InChI is InChI=1S/C10H17N5S/c1-3-14-4-6-15(7-5-14)9-8(2)12-13-10(16)11-9/h3-7H2,1-2H3,(H,11,13,16). The number of rotatable bonds is 2. The van der Waals surface area contributed by atoms with Gasteiger partial charge in [-0.1, -0.05) is 6.92 Å². The van der Waals surface area contributed by atoms with E-state index in [0.717, 1.165) is 44.2 Å². The molecular formula is C10H17N5S. The Morgan fingerprint density at radius 3 is 2.62 bits per heavy atom. The van der Waals surface area contributed by atoms with Crippen molar-refractivity contribution in [2.75, 3.05) is 37.6 Å². The van der Waals surface area contributed by atoms with Gasteiger partial charge in [0, 0.05) is 26.2 Å². The zero-order valence-electron chi connectivity index (χ0n) is 9.73. The van der Waals surface area contributed by atoms with Crippen LogP contribution in [0.5, 0.6) is 0 Å². The summed E-state index contributed by atoms with van der Waals surface area (Å²) in [6.45, 7) is 9.45. The second-order valence-corrected chi connectivity index (χ2v) is 4.36. The number of H-pyrrole nitrogens is 1. The molecule has 1 aliphatic rings. The van der Waals surface area contributed by atoms with Gasteiger partial charge in [0.2, 0.25) is 4.77 Å². The second-order valence-electron chi connectivity index (χ2n) is 3.97. The van der Waals surface area contributed by atoms with Gasteiger partial charge in [-0.2, -0.15) is 10.1 Å². The zero-order valence-corrected chi connectivity index (χ0v) is 10.5. The first-order valence-corrected chi connectivity index (χ1v) is 6.02. The first kappa shape index (κ1) is 11.5. The van der Waals surface area contributed by atoms with Crippen LogP contribution in [0.4, 0.5) is 5.82 Å². The Hall–Kier alpha value is -1.01. The lowest BCUT2D eigenvalue weighted by Gasteiger charge is -2.34. The molecule has 0 aromatic carbocycles. The molecule has 0 atom stereocenters. The van der Waals surface area contributed by atoms with Crippen LogP contribution in [0.2, 0.25) is 0 Å². The summed E-state index contributed by atoms with van der Waals surface area (Å²) in [5.74, 6) is 0.930. The maximum Gasteiger partial charge on any atom is 0.215 e. The van der Waals surface area contributed by atoms with E-state index in [1.807, 2.05) is 6.92 Å². The van der Waals surface area contributed by atoms with Crippen molar-refractivity contribution in [3.8, 4) is 0 Å². The summed E-state index contributed by atoms with van der Waals surface area (Å²) in [5.41, 5.74) is 0.915. The van der Waals surface area contributed by atoms with Crippen LogP contribution < -0.4 is 4.90 Å². The molecular weight excluding hydrogens is 222 g/mol. The summed E-state index contributed by atoms with van der Waals surface area (Å²) in [5, 5.41) is 6.86. The van der Waals surface area contributed by atoms with Crippen molar-refractivity contribution in [3.63, 3.8) is 0 Å². The minimum Gasteiger partial charge on any atom is -0.352 e. The number of nitrogens with one attached hydrogen (secondary N) is 1. The number of nitrogens with zero attached hydrogens (tertiary/aromatic N) is 4. The fourth-order valence-corrected chi connectivity index (χ4v) is 2.09. The molecule has 0 aliphatic carbocycles. The number of hydrogen-bond acceptors (Lipinski definition) is 5. The summed E-state index contributed by atoms with van der Waals surface area (Å²) in [7, 11) is 0. The Balaban J connectivity index is 2.13. The van der Waals surface area contributed by atoms with Crippen LogP contribution in [0.15, 0.2) is 0 Å². The molecule has 0 amide bonds. The predicted octanol–water partition coefficient (Wildman–Crippen LogP) is 0.985. The molecule has 1 fully saturated rings. The molecule has 1 N–H and O–H groups in total. The molecule has 1 aliphatic heterocycles. The van der Waals surface area contributed by atoms with E-state index >= 15 is 0 Å². The number of piperazine rings is 1. The Bertz CT molecular complexity index is 408. The smallest absolute Gasteiger partial charge is 0.215 e. The highest BCUT2D eigenvalue weighted by Gasteiger charge is 2.18. The molecule has 6 heteroatoms. The third kappa shape index (κ3) is 2.38. The van der Waals surface area contributed by atoms with Crippen molar-refractivity contribution < 1.29 is 0 Å². The Morgan fingerprint density at radius 1 is 1.31 bits per heavy atom. The van der Waals surface area contributed by atoms with Crippen LogP contribution in [-0.4, -0.2) is 52.8 Å². The Kier molecular flexibility index (Phi) is 3.50. The summed E-state index contributed by atoms with van der Waals surface area (Å²) in [6, 6.07) is 0. The van der Waals surface area contributed by atoms with E-state index in [1.54, 1.807) is 0 Å². The van der Waals surface area contributed by atoms with Crippen LogP contribution >= 0.6 is 12.2 Å². The molecule has 16 heavy (non-hydrogen) atoms. The van der Waals surface area contributed by atoms with E-state index in [2.05, 4.69) is 31.9 Å². The first-order valence-electron chi connectivity index (χ1n) is 5.61. The van der Waals surface area contributed by atoms with Gasteiger partial charge >= 0.3 is 0 Å². The van der Waals surface area contributed by atoms with E-state index in [0.29, 0.717) is 4.77 Å². The molecule has 1 aromatic rings. The summed E-state index contributed by atoms with van der Waals surface area (Å²) < 4.78 is 0.457. The highest BCUT2D eigenvalue weighted by atomic mass is 32.1. The van der Waals surface area contributed by atoms with Gasteiger partial charge in [-0.3, -0.25) is 5.10 Å². The third-order valence-corrected chi connectivity index (χ3v) is 3.15. The molecule has 0 unspecified atom stereocenters. The van der Waals surface area contributed by atoms with E-state index < -0.39 is 0 Å². The van der Waals surface area contributed by atoms with Crippen LogP contribution in [0.1, 0.15) is 12.6 Å². The van der Waals surface area contributed by atoms with Gasteiger partial charge in [0.25, 0.3) is 0 Å². The van der Waals surface area contributed by atoms with Gasteiger partial charge in [0.1, 0.15) is 5.69 Å². The fraction of sp³-hybridized carbons (Fsp3) is 0.700. The predicted molar refractivity (Wildman–Crippen MR) is 66.3 cm³/mol. The average Bonchev–Trinajstić information content (AvgIpc) is 2.32. The lowest BCUT2D eigenvalue weighted by molar-refractivity contribution is 0.270. The Morgan fingerprint density at radius 2 is 2.00 bits per heavy atom. The average molecular weight is 239 g/mol. The largest absolute Gasteiger partial charge is 0.352 e. The third-order valence-electron chi connectivity index (χ3n) is 2.97. The van der Waals surface area contributed by atoms with Crippen molar-refractivity contribution in [1.29, 1.82) is 0 Å². The van der Waals surface area contributed by atoms with Gasteiger partial charge in [-0.25, -0.2) is 0 Å². The molecule has 0 saturated carbocycles. The summed E-state index contributed by atoms with van der Waals surface area (Å²) >= 11 is 5.01. The molecule has 0 bridgehead atoms. The number of aromatic amines is 1. The number of likely N-dealkylation sites (N-methyl/N-ethyl adjacent to an activating group) is 1. The molecule has 2 rings (SSSR count). The van der Waals surface area contributed by atoms with Crippen molar-refractivity contribution in [2.45, 2.75) is 13.8 Å². The van der Waals surface area contributed by atoms with Gasteiger partial charge in [-0.15, -0.1) is 0 Å². The van der Waals surface area contributed by atoms with Crippen LogP contribution in [0.3, 0.4) is 0 Å². The van der Waals surface area contributed by atoms with Gasteiger partial charge in [-0.05, 0) is 25.7 Å². The summed E-state index contributed by atoms with van der Waals surface area (Å²) in [4.78, 5) is 9.05. The number of anilines is 1. The van der Waals surface area contributed by atoms with E-state index in [9.17, 15) is 0 Å². The number of aromatic nitrogens is 3. The minimum absolute atomic E-state index is 0.457. The Labute approximate surface area is 100 Å². The maximum atomic E-state index is 5.01. The highest BCUT2D eigenvalue weighted by Crippen LogP contribution is 2.15. The van der Waals surface area contributed by atoms with Crippen LogP contribution in [0, 0.1) is 11.7 Å². The van der Waals surface area contributed by atoms with Gasteiger partial charge in [0.15, 0.2) is 5.82 Å². The minimum atomic E-state index is 0.457. The quantitative estimate of drug-likeness (QED) is 0.780. The van der Waals surface area contributed by atoms with E-state index in [-0.39, 0.29) is 0 Å².